The summed E-state index contributed by atoms with van der Waals surface area (Å²) in [5, 5.41) is 0.451. The molecule has 1 aliphatic heterocycles. The molecule has 3 aromatic rings. The van der Waals surface area contributed by atoms with Crippen LogP contribution in [-0.2, 0) is 4.79 Å². The van der Waals surface area contributed by atoms with Gasteiger partial charge in [-0.3, -0.25) is 0 Å². The molecule has 0 radical (unpaired) electrons. The number of likely N-dealkylation sites (tertiary alicyclic amines) is 1. The topological polar surface area (TPSA) is 20.3 Å². The first-order chi connectivity index (χ1) is 14.6. The molecule has 2 nitrogen and oxygen atoms in total. The Morgan fingerprint density at radius 1 is 0.700 bits per heavy atom. The Balaban J connectivity index is 1.84. The van der Waals surface area contributed by atoms with Crippen LogP contribution in [0.2, 0.25) is 0 Å². The van der Waals surface area contributed by atoms with Crippen LogP contribution in [0.15, 0.2) is 91.0 Å². The number of carbonyl (C=O) groups is 1. The molecule has 5 rings (SSSR count). The first-order valence-corrected chi connectivity index (χ1v) is 15.2. The minimum absolute atomic E-state index is 0.0995. The van der Waals surface area contributed by atoms with E-state index in [9.17, 15) is 4.79 Å². The van der Waals surface area contributed by atoms with Crippen LogP contribution in [0.4, 0.5) is 0 Å². The molecule has 0 spiro atoms. The molecule has 2 aliphatic rings. The van der Waals surface area contributed by atoms with Crippen LogP contribution >= 0.6 is 20.8 Å². The maximum absolute atomic E-state index is 14.1. The molecule has 4 heteroatoms. The second-order valence-electron chi connectivity index (χ2n) is 8.50. The van der Waals surface area contributed by atoms with Crippen molar-refractivity contribution >= 4 is 42.6 Å². The Morgan fingerprint density at radius 2 is 1.13 bits per heavy atom. The van der Waals surface area contributed by atoms with Gasteiger partial charge >= 0.3 is 187 Å². The predicted molar refractivity (Wildman–Crippen MR) is 132 cm³/mol. The van der Waals surface area contributed by atoms with Crippen LogP contribution in [0.1, 0.15) is 25.7 Å². The number of nitrogens with zero attached hydrogens (tertiary/aromatic N) is 1. The van der Waals surface area contributed by atoms with Gasteiger partial charge in [-0.1, -0.05) is 0 Å². The summed E-state index contributed by atoms with van der Waals surface area (Å²) >= 11 is 4.50. The Bertz CT molecular complexity index is 937. The van der Waals surface area contributed by atoms with E-state index in [1.807, 2.05) is 0 Å². The van der Waals surface area contributed by atoms with Crippen molar-refractivity contribution < 1.29 is 4.79 Å². The van der Waals surface area contributed by atoms with Crippen molar-refractivity contribution in [3.05, 3.63) is 91.0 Å². The molecular formula is C26H27BrNOP. The normalized spacial score (nSPS) is 21.1. The first kappa shape index (κ1) is 20.0. The van der Waals surface area contributed by atoms with Gasteiger partial charge in [0.1, 0.15) is 0 Å². The van der Waals surface area contributed by atoms with Crippen LogP contribution in [-0.4, -0.2) is 29.1 Å². The average molecular weight is 480 g/mol. The molecule has 1 unspecified atom stereocenters. The Kier molecular flexibility index (Phi) is 5.08. The third-order valence-corrected chi connectivity index (χ3v) is 17.5. The Morgan fingerprint density at radius 3 is 1.53 bits per heavy atom. The fraction of sp³-hybridized carbons (Fsp3) is 0.269. The van der Waals surface area contributed by atoms with Crippen molar-refractivity contribution in [2.24, 2.45) is 0 Å². The SMILES string of the molecule is O=C1C(P(Br)(c2ccccc2)(c2ccccc2)c2ccccc2)CCCN1C1CC1. The van der Waals surface area contributed by atoms with Gasteiger partial charge in [0, 0.05) is 0 Å². The Hall–Kier alpha value is -1.96. The zero-order chi connectivity index (χ0) is 20.6. The molecule has 1 aliphatic carbocycles. The third kappa shape index (κ3) is 2.90. The monoisotopic (exact) mass is 479 g/mol. The number of rotatable bonds is 5. The molecule has 0 bridgehead atoms. The van der Waals surface area contributed by atoms with E-state index in [2.05, 4.69) is 111 Å². The standard InChI is InChI=1S/C26H27BrNOP/c27-30(22-11-4-1-5-12-22,23-13-6-2-7-14-23,24-15-8-3-9-16-24)25-17-10-20-28(26(25)29)21-18-19-21/h1-9,11-16,21,25H,10,17-20H2. The van der Waals surface area contributed by atoms with E-state index >= 15 is 0 Å². The molecule has 0 N–H and O–H groups in total. The van der Waals surface area contributed by atoms with Gasteiger partial charge in [-0.2, -0.15) is 0 Å². The number of hydrogen-bond donors (Lipinski definition) is 0. The quantitative estimate of drug-likeness (QED) is 0.472. The summed E-state index contributed by atoms with van der Waals surface area (Å²) in [6.07, 6.45) is 4.27. The minimum atomic E-state index is -3.25. The van der Waals surface area contributed by atoms with Crippen LogP contribution in [0, 0.1) is 0 Å². The molecule has 1 saturated heterocycles. The van der Waals surface area contributed by atoms with Crippen LogP contribution in [0.3, 0.4) is 0 Å². The second-order valence-corrected chi connectivity index (χ2v) is 17.2. The van der Waals surface area contributed by atoms with Gasteiger partial charge in [0.25, 0.3) is 0 Å². The van der Waals surface area contributed by atoms with Gasteiger partial charge in [-0.15, -0.1) is 0 Å². The second kappa shape index (κ2) is 7.62. The van der Waals surface area contributed by atoms with E-state index in [1.165, 1.54) is 15.9 Å². The summed E-state index contributed by atoms with van der Waals surface area (Å²) < 4.78 is 0. The van der Waals surface area contributed by atoms with Gasteiger partial charge in [-0.05, 0) is 0 Å². The number of hydrogen-bond acceptors (Lipinski definition) is 1. The number of piperidine rings is 1. The summed E-state index contributed by atoms with van der Waals surface area (Å²) in [5.74, 6) is 0.329. The van der Waals surface area contributed by atoms with E-state index in [0.717, 1.165) is 32.2 Å². The molecule has 2 fully saturated rings. The molecule has 154 valence electrons. The molecule has 1 saturated carbocycles. The van der Waals surface area contributed by atoms with Crippen molar-refractivity contribution in [3.8, 4) is 0 Å². The number of benzene rings is 3. The van der Waals surface area contributed by atoms with E-state index in [1.54, 1.807) is 0 Å². The van der Waals surface area contributed by atoms with Gasteiger partial charge in [0.15, 0.2) is 0 Å². The van der Waals surface area contributed by atoms with E-state index in [4.69, 9.17) is 0 Å². The predicted octanol–water partition coefficient (Wildman–Crippen LogP) is 4.98. The fourth-order valence-electron chi connectivity index (χ4n) is 5.22. The van der Waals surface area contributed by atoms with Gasteiger partial charge in [-0.25, -0.2) is 0 Å². The number of amides is 1. The summed E-state index contributed by atoms with van der Waals surface area (Å²) in [6.45, 7) is 0.901. The zero-order valence-corrected chi connectivity index (χ0v) is 19.5. The molecule has 1 atom stereocenters. The van der Waals surface area contributed by atoms with Crippen molar-refractivity contribution in [1.29, 1.82) is 0 Å². The van der Waals surface area contributed by atoms with Crippen molar-refractivity contribution in [3.63, 3.8) is 0 Å². The van der Waals surface area contributed by atoms with Crippen LogP contribution in [0.25, 0.3) is 0 Å². The molecule has 1 heterocycles. The summed E-state index contributed by atoms with van der Waals surface area (Å²) in [6, 6.07) is 32.6. The van der Waals surface area contributed by atoms with Crippen molar-refractivity contribution in [1.82, 2.24) is 4.90 Å². The van der Waals surface area contributed by atoms with Crippen molar-refractivity contribution in [2.75, 3.05) is 6.54 Å². The van der Waals surface area contributed by atoms with Gasteiger partial charge in [0.2, 0.25) is 0 Å². The van der Waals surface area contributed by atoms with E-state index < -0.39 is 5.31 Å². The first-order valence-electron chi connectivity index (χ1n) is 10.8. The molecule has 1 amide bonds. The number of carbonyl (C=O) groups excluding carboxylic acids is 1. The average Bonchev–Trinajstić information content (AvgIpc) is 3.66. The van der Waals surface area contributed by atoms with Gasteiger partial charge in [0.05, 0.1) is 0 Å². The summed E-state index contributed by atoms with van der Waals surface area (Å²) in [7, 11) is 0. The Labute approximate surface area is 187 Å². The molecule has 3 aromatic carbocycles. The van der Waals surface area contributed by atoms with Crippen molar-refractivity contribution in [2.45, 2.75) is 37.4 Å². The molecule has 30 heavy (non-hydrogen) atoms. The fourth-order valence-corrected chi connectivity index (χ4v) is 14.0. The molecule has 0 aromatic heterocycles. The van der Waals surface area contributed by atoms with E-state index in [-0.39, 0.29) is 5.66 Å². The third-order valence-electron chi connectivity index (χ3n) is 6.80. The summed E-state index contributed by atoms with van der Waals surface area (Å²) in [4.78, 5) is 16.3. The van der Waals surface area contributed by atoms with E-state index in [0.29, 0.717) is 11.9 Å². The van der Waals surface area contributed by atoms with Crippen LogP contribution in [0.5, 0.6) is 0 Å². The number of halogens is 1. The van der Waals surface area contributed by atoms with Gasteiger partial charge < -0.3 is 0 Å². The maximum atomic E-state index is 14.1. The zero-order valence-electron chi connectivity index (χ0n) is 17.0. The van der Waals surface area contributed by atoms with Crippen LogP contribution < -0.4 is 15.9 Å². The summed E-state index contributed by atoms with van der Waals surface area (Å²) in [5.41, 5.74) is -0.0995. The molecular weight excluding hydrogens is 453 g/mol.